The molecular weight excluding hydrogens is 534 g/mol. The zero-order valence-corrected chi connectivity index (χ0v) is 22.7. The molecule has 3 amide bonds. The van der Waals surface area contributed by atoms with Crippen LogP contribution in [0, 0.1) is 0 Å². The normalized spacial score (nSPS) is 18.9. The lowest BCUT2D eigenvalue weighted by molar-refractivity contribution is -0.142. The van der Waals surface area contributed by atoms with Crippen LogP contribution in [0.25, 0.3) is 0 Å². The highest BCUT2D eigenvalue weighted by Gasteiger charge is 2.63. The lowest BCUT2D eigenvalue weighted by Gasteiger charge is -2.20. The largest absolute Gasteiger partial charge is 0.508 e. The number of benzene rings is 2. The Hall–Kier alpha value is -4.45. The maximum absolute atomic E-state index is 13.1. The average molecular weight is 570 g/mol. The van der Waals surface area contributed by atoms with E-state index in [1.165, 1.54) is 31.2 Å². The summed E-state index contributed by atoms with van der Waals surface area (Å²) in [4.78, 5) is 61.4. The molecule has 1 saturated heterocycles. The molecule has 0 radical (unpaired) electrons. The molecule has 2 aromatic carbocycles. The number of rotatable bonds is 16. The Morgan fingerprint density at radius 1 is 0.902 bits per heavy atom. The Morgan fingerprint density at radius 2 is 1.59 bits per heavy atom. The van der Waals surface area contributed by atoms with Crippen molar-refractivity contribution < 1.29 is 44.0 Å². The van der Waals surface area contributed by atoms with Gasteiger partial charge in [-0.3, -0.25) is 19.2 Å². The van der Waals surface area contributed by atoms with Crippen LogP contribution < -0.4 is 16.0 Å². The second kappa shape index (κ2) is 14.3. The number of carboxylic acids is 2. The Labute approximate surface area is 237 Å². The minimum Gasteiger partial charge on any atom is -0.508 e. The quantitative estimate of drug-likeness (QED) is 0.127. The minimum absolute atomic E-state index is 0.0138. The van der Waals surface area contributed by atoms with E-state index < -0.39 is 53.4 Å². The highest BCUT2D eigenvalue weighted by Crippen LogP contribution is 2.37. The topological polar surface area (TPSA) is 195 Å². The van der Waals surface area contributed by atoms with Gasteiger partial charge >= 0.3 is 11.9 Å². The van der Waals surface area contributed by atoms with Gasteiger partial charge in [0.2, 0.25) is 5.91 Å². The van der Waals surface area contributed by atoms with E-state index >= 15 is 0 Å². The fourth-order valence-electron chi connectivity index (χ4n) is 4.30. The summed E-state index contributed by atoms with van der Waals surface area (Å²) in [5.41, 5.74) is 0.0423. The second-order valence-corrected chi connectivity index (χ2v) is 10.1. The average Bonchev–Trinajstić information content (AvgIpc) is 3.64. The van der Waals surface area contributed by atoms with Crippen molar-refractivity contribution in [3.05, 3.63) is 65.7 Å². The molecule has 2 aromatic rings. The van der Waals surface area contributed by atoms with E-state index in [9.17, 15) is 34.2 Å². The summed E-state index contributed by atoms with van der Waals surface area (Å²) < 4.78 is 5.37. The smallest absolute Gasteiger partial charge is 0.326 e. The molecule has 4 atom stereocenters. The van der Waals surface area contributed by atoms with Crippen molar-refractivity contribution >= 4 is 29.7 Å². The maximum atomic E-state index is 13.1. The first-order valence-corrected chi connectivity index (χ1v) is 13.3. The van der Waals surface area contributed by atoms with Crippen molar-refractivity contribution in [1.82, 2.24) is 16.0 Å². The molecule has 6 N–H and O–H groups in total. The van der Waals surface area contributed by atoms with Crippen LogP contribution in [0.2, 0.25) is 0 Å². The number of epoxide rings is 1. The number of carboxylic acid groups (broad SMARTS) is 2. The predicted octanol–water partition coefficient (Wildman–Crippen LogP) is 1.15. The maximum Gasteiger partial charge on any atom is 0.326 e. The molecule has 1 fully saturated rings. The fourth-order valence-corrected chi connectivity index (χ4v) is 4.30. The van der Waals surface area contributed by atoms with Crippen LogP contribution in [-0.2, 0) is 41.6 Å². The summed E-state index contributed by atoms with van der Waals surface area (Å²) in [6, 6.07) is 13.2. The fraction of sp³-hybridized carbons (Fsp3) is 0.414. The zero-order chi connectivity index (χ0) is 30.0. The van der Waals surface area contributed by atoms with E-state index in [4.69, 9.17) is 9.84 Å². The Bertz CT molecular complexity index is 1240. The highest BCUT2D eigenvalue weighted by molar-refractivity contribution is 6.01. The van der Waals surface area contributed by atoms with E-state index in [1.54, 1.807) is 0 Å². The van der Waals surface area contributed by atoms with Gasteiger partial charge in [-0.2, -0.15) is 0 Å². The van der Waals surface area contributed by atoms with Crippen LogP contribution in [0.4, 0.5) is 0 Å². The first kappa shape index (κ1) is 31.1. The molecule has 0 bridgehead atoms. The van der Waals surface area contributed by atoms with Crippen LogP contribution in [0.1, 0.15) is 43.7 Å². The van der Waals surface area contributed by atoms with E-state index in [-0.39, 0.29) is 31.4 Å². The van der Waals surface area contributed by atoms with E-state index in [1.807, 2.05) is 30.3 Å². The molecule has 1 aliphatic rings. The van der Waals surface area contributed by atoms with Crippen LogP contribution in [0.15, 0.2) is 54.6 Å². The van der Waals surface area contributed by atoms with Gasteiger partial charge in [-0.1, -0.05) is 42.5 Å². The third-order valence-electron chi connectivity index (χ3n) is 6.78. The lowest BCUT2D eigenvalue weighted by Crippen LogP contribution is -2.52. The number of amides is 3. The first-order chi connectivity index (χ1) is 19.5. The summed E-state index contributed by atoms with van der Waals surface area (Å²) >= 11 is 0. The highest BCUT2D eigenvalue weighted by atomic mass is 16.6. The number of aryl methyl sites for hydroxylation is 1. The van der Waals surface area contributed by atoms with Gasteiger partial charge in [0.05, 0.1) is 0 Å². The third kappa shape index (κ3) is 9.31. The number of carbonyl (C=O) groups excluding carboxylic acids is 3. The zero-order valence-electron chi connectivity index (χ0n) is 22.7. The van der Waals surface area contributed by atoms with Gasteiger partial charge in [0.1, 0.15) is 17.8 Å². The van der Waals surface area contributed by atoms with Crippen LogP contribution in [-0.4, -0.2) is 75.3 Å². The van der Waals surface area contributed by atoms with Crippen LogP contribution in [0.5, 0.6) is 5.75 Å². The molecule has 12 heteroatoms. The van der Waals surface area contributed by atoms with E-state index in [0.29, 0.717) is 18.5 Å². The summed E-state index contributed by atoms with van der Waals surface area (Å²) in [5.74, 6) is -4.35. The van der Waals surface area contributed by atoms with Gasteiger partial charge in [0.15, 0.2) is 11.7 Å². The SMILES string of the molecule is C[C@]1(C(=O)N[C@@H](CCCC(=O)O)C(=O)NCCCc2ccccc2)O[C@@H]1C(=O)N[C@@H](Cc1ccc(O)cc1)C(=O)O. The molecule has 1 heterocycles. The molecule has 1 aliphatic heterocycles. The molecule has 0 unspecified atom stereocenters. The molecule has 0 spiro atoms. The molecule has 12 nitrogen and oxygen atoms in total. The van der Waals surface area contributed by atoms with Crippen molar-refractivity contribution in [2.24, 2.45) is 0 Å². The van der Waals surface area contributed by atoms with Crippen molar-refractivity contribution in [1.29, 1.82) is 0 Å². The molecule has 41 heavy (non-hydrogen) atoms. The number of carbonyl (C=O) groups is 5. The van der Waals surface area contributed by atoms with Crippen molar-refractivity contribution in [2.45, 2.75) is 69.2 Å². The summed E-state index contributed by atoms with van der Waals surface area (Å²) in [6.07, 6.45) is 0.0580. The molecule has 0 aliphatic carbocycles. The Kier molecular flexibility index (Phi) is 10.8. The third-order valence-corrected chi connectivity index (χ3v) is 6.78. The van der Waals surface area contributed by atoms with E-state index in [0.717, 1.165) is 12.0 Å². The van der Waals surface area contributed by atoms with E-state index in [2.05, 4.69) is 16.0 Å². The molecule has 0 saturated carbocycles. The molecule has 0 aromatic heterocycles. The van der Waals surface area contributed by atoms with Gasteiger partial charge in [-0.25, -0.2) is 4.79 Å². The molecule has 220 valence electrons. The number of phenols is 1. The van der Waals surface area contributed by atoms with Crippen LogP contribution >= 0.6 is 0 Å². The minimum atomic E-state index is -1.63. The van der Waals surface area contributed by atoms with Gasteiger partial charge in [0.25, 0.3) is 11.8 Å². The van der Waals surface area contributed by atoms with Crippen LogP contribution in [0.3, 0.4) is 0 Å². The van der Waals surface area contributed by atoms with Gasteiger partial charge in [0, 0.05) is 19.4 Å². The lowest BCUT2D eigenvalue weighted by atomic mass is 10.0. The first-order valence-electron chi connectivity index (χ1n) is 13.3. The number of phenolic OH excluding ortho intramolecular Hbond substituents is 1. The summed E-state index contributed by atoms with van der Waals surface area (Å²) in [5, 5.41) is 35.7. The number of hydrogen-bond acceptors (Lipinski definition) is 7. The van der Waals surface area contributed by atoms with Crippen molar-refractivity contribution in [3.8, 4) is 5.75 Å². The standard InChI is InChI=1S/C29H35N3O9/c1-29(24(41-29)26(37)31-22(27(38)39)17-19-12-14-20(33)15-13-19)28(40)32-21(10-5-11-23(34)35)25(36)30-16-6-9-18-7-3-2-4-8-18/h2-4,7-8,12-15,21-22,24,33H,5-6,9-11,16-17H2,1H3,(H,30,36)(H,31,37)(H,32,40)(H,34,35)(H,38,39)/t21-,22-,24+,29-/m0/s1. The monoisotopic (exact) mass is 569 g/mol. The number of aromatic hydroxyl groups is 1. The number of aliphatic carboxylic acids is 2. The van der Waals surface area contributed by atoms with Gasteiger partial charge in [-0.05, 0) is 55.9 Å². The number of hydrogen-bond donors (Lipinski definition) is 6. The van der Waals surface area contributed by atoms with Crippen molar-refractivity contribution in [3.63, 3.8) is 0 Å². The predicted molar refractivity (Wildman–Crippen MR) is 146 cm³/mol. The number of nitrogens with one attached hydrogen (secondary N) is 3. The number of ether oxygens (including phenoxy) is 1. The summed E-state index contributed by atoms with van der Waals surface area (Å²) in [6.45, 7) is 1.70. The van der Waals surface area contributed by atoms with Gasteiger partial charge < -0.3 is 36.0 Å². The molecule has 3 rings (SSSR count). The molecular formula is C29H35N3O9. The van der Waals surface area contributed by atoms with Crippen molar-refractivity contribution in [2.75, 3.05) is 6.54 Å². The Morgan fingerprint density at radius 3 is 2.22 bits per heavy atom. The Balaban J connectivity index is 1.55. The second-order valence-electron chi connectivity index (χ2n) is 10.1. The summed E-state index contributed by atoms with van der Waals surface area (Å²) in [7, 11) is 0. The van der Waals surface area contributed by atoms with Gasteiger partial charge in [-0.15, -0.1) is 0 Å².